The van der Waals surface area contributed by atoms with E-state index in [2.05, 4.69) is 26.7 Å². The lowest BCUT2D eigenvalue weighted by atomic mass is 9.97. The molecule has 2 aromatic carbocycles. The molecule has 30 heavy (non-hydrogen) atoms. The number of nitrogens with zero attached hydrogens (tertiary/aromatic N) is 2. The molecule has 1 heterocycles. The molecule has 3 aromatic rings. The van der Waals surface area contributed by atoms with E-state index in [9.17, 15) is 4.79 Å². The van der Waals surface area contributed by atoms with E-state index in [1.807, 2.05) is 60.7 Å². The molecular formula is C25H26N4O. The van der Waals surface area contributed by atoms with Crippen LogP contribution in [0.25, 0.3) is 11.4 Å². The highest BCUT2D eigenvalue weighted by Crippen LogP contribution is 2.20. The Hall–Kier alpha value is -3.47. The van der Waals surface area contributed by atoms with E-state index in [4.69, 9.17) is 0 Å². The third kappa shape index (κ3) is 5.32. The summed E-state index contributed by atoms with van der Waals surface area (Å²) >= 11 is 0. The number of nitrogens with one attached hydrogen (secondary N) is 2. The molecule has 1 amide bonds. The van der Waals surface area contributed by atoms with Crippen molar-refractivity contribution < 1.29 is 4.79 Å². The molecule has 4 rings (SSSR count). The van der Waals surface area contributed by atoms with Crippen LogP contribution in [0.15, 0.2) is 78.5 Å². The van der Waals surface area contributed by atoms with Gasteiger partial charge in [-0.25, -0.2) is 9.97 Å². The lowest BCUT2D eigenvalue weighted by molar-refractivity contribution is 0.0954. The van der Waals surface area contributed by atoms with Crippen LogP contribution in [0, 0.1) is 0 Å². The van der Waals surface area contributed by atoms with Gasteiger partial charge in [0.15, 0.2) is 5.82 Å². The normalized spacial score (nSPS) is 13.4. The summed E-state index contributed by atoms with van der Waals surface area (Å²) in [6.07, 6.45) is 9.92. The van der Waals surface area contributed by atoms with E-state index >= 15 is 0 Å². The highest BCUT2D eigenvalue weighted by Gasteiger charge is 2.08. The number of carbonyl (C=O) groups is 1. The third-order valence-electron chi connectivity index (χ3n) is 5.22. The Balaban J connectivity index is 1.33. The largest absolute Gasteiger partial charge is 0.352 e. The van der Waals surface area contributed by atoms with E-state index in [0.717, 1.165) is 17.7 Å². The van der Waals surface area contributed by atoms with Gasteiger partial charge in [-0.15, -0.1) is 0 Å². The fourth-order valence-electron chi connectivity index (χ4n) is 3.58. The zero-order valence-electron chi connectivity index (χ0n) is 17.0. The predicted molar refractivity (Wildman–Crippen MR) is 121 cm³/mol. The number of carbonyl (C=O) groups excluding carboxylic acids is 1. The first-order valence-electron chi connectivity index (χ1n) is 10.5. The van der Waals surface area contributed by atoms with Gasteiger partial charge in [0.2, 0.25) is 0 Å². The number of hydrogen-bond donors (Lipinski definition) is 2. The van der Waals surface area contributed by atoms with Gasteiger partial charge in [0, 0.05) is 29.6 Å². The van der Waals surface area contributed by atoms with Gasteiger partial charge >= 0.3 is 0 Å². The summed E-state index contributed by atoms with van der Waals surface area (Å²) < 4.78 is 0. The van der Waals surface area contributed by atoms with E-state index in [1.165, 1.54) is 31.3 Å². The highest BCUT2D eigenvalue weighted by molar-refractivity contribution is 5.94. The summed E-state index contributed by atoms with van der Waals surface area (Å²) in [6, 6.07) is 19.1. The first-order valence-corrected chi connectivity index (χ1v) is 10.5. The molecule has 5 heteroatoms. The third-order valence-corrected chi connectivity index (χ3v) is 5.22. The van der Waals surface area contributed by atoms with Crippen molar-refractivity contribution in [1.82, 2.24) is 15.3 Å². The smallest absolute Gasteiger partial charge is 0.251 e. The molecule has 0 atom stereocenters. The highest BCUT2D eigenvalue weighted by atomic mass is 16.1. The number of aromatic nitrogens is 2. The molecule has 1 aliphatic carbocycles. The molecule has 0 saturated heterocycles. The summed E-state index contributed by atoms with van der Waals surface area (Å²) in [5.41, 5.74) is 3.97. The predicted octanol–water partition coefficient (Wildman–Crippen LogP) is 5.51. The second kappa shape index (κ2) is 9.83. The van der Waals surface area contributed by atoms with E-state index in [-0.39, 0.29) is 5.91 Å². The Morgan fingerprint density at radius 1 is 0.967 bits per heavy atom. The van der Waals surface area contributed by atoms with Crippen LogP contribution in [0.1, 0.15) is 42.5 Å². The van der Waals surface area contributed by atoms with Crippen molar-refractivity contribution >= 4 is 17.4 Å². The van der Waals surface area contributed by atoms with Crippen molar-refractivity contribution in [2.75, 3.05) is 11.9 Å². The van der Waals surface area contributed by atoms with Crippen LogP contribution in [0.4, 0.5) is 11.5 Å². The van der Waals surface area contributed by atoms with Crippen molar-refractivity contribution in [3.63, 3.8) is 0 Å². The van der Waals surface area contributed by atoms with Crippen LogP contribution in [0.5, 0.6) is 0 Å². The number of allylic oxidation sites excluding steroid dienone is 1. The molecule has 0 aliphatic heterocycles. The van der Waals surface area contributed by atoms with Gasteiger partial charge in [0.05, 0.1) is 0 Å². The van der Waals surface area contributed by atoms with Crippen molar-refractivity contribution in [3.8, 4) is 11.4 Å². The Labute approximate surface area is 177 Å². The number of hydrogen-bond acceptors (Lipinski definition) is 4. The molecule has 0 fully saturated rings. The zero-order chi connectivity index (χ0) is 20.6. The molecule has 0 spiro atoms. The van der Waals surface area contributed by atoms with Gasteiger partial charge in [-0.1, -0.05) is 42.0 Å². The van der Waals surface area contributed by atoms with Gasteiger partial charge in [-0.2, -0.15) is 0 Å². The lowest BCUT2D eigenvalue weighted by Gasteiger charge is -2.13. The quantitative estimate of drug-likeness (QED) is 0.515. The average Bonchev–Trinajstić information content (AvgIpc) is 2.81. The first kappa shape index (κ1) is 19.8. The Morgan fingerprint density at radius 2 is 1.80 bits per heavy atom. The monoisotopic (exact) mass is 398 g/mol. The number of rotatable bonds is 7. The van der Waals surface area contributed by atoms with Gasteiger partial charge in [-0.3, -0.25) is 4.79 Å². The number of benzene rings is 2. The minimum atomic E-state index is -0.0358. The molecule has 0 radical (unpaired) electrons. The number of amides is 1. The topological polar surface area (TPSA) is 66.9 Å². The Bertz CT molecular complexity index is 1010. The van der Waals surface area contributed by atoms with Crippen LogP contribution >= 0.6 is 0 Å². The Morgan fingerprint density at radius 3 is 2.57 bits per heavy atom. The summed E-state index contributed by atoms with van der Waals surface area (Å²) in [5, 5.41) is 6.30. The maximum atomic E-state index is 12.4. The lowest BCUT2D eigenvalue weighted by Crippen LogP contribution is -2.24. The molecule has 5 nitrogen and oxygen atoms in total. The summed E-state index contributed by atoms with van der Waals surface area (Å²) in [6.45, 7) is 0.688. The maximum Gasteiger partial charge on any atom is 0.251 e. The molecule has 0 saturated carbocycles. The van der Waals surface area contributed by atoms with Gasteiger partial charge in [0.1, 0.15) is 5.82 Å². The molecule has 0 bridgehead atoms. The van der Waals surface area contributed by atoms with Crippen LogP contribution in [0.3, 0.4) is 0 Å². The summed E-state index contributed by atoms with van der Waals surface area (Å²) in [4.78, 5) is 21.3. The van der Waals surface area contributed by atoms with Crippen molar-refractivity contribution in [2.45, 2.75) is 32.1 Å². The summed E-state index contributed by atoms with van der Waals surface area (Å²) in [5.74, 6) is 1.35. The Kier molecular flexibility index (Phi) is 6.50. The van der Waals surface area contributed by atoms with Crippen molar-refractivity contribution in [3.05, 3.63) is 84.1 Å². The molecule has 152 valence electrons. The van der Waals surface area contributed by atoms with Crippen molar-refractivity contribution in [2.24, 2.45) is 0 Å². The fourth-order valence-corrected chi connectivity index (χ4v) is 3.58. The second-order valence-electron chi connectivity index (χ2n) is 7.45. The van der Waals surface area contributed by atoms with E-state index in [1.54, 1.807) is 6.20 Å². The zero-order valence-corrected chi connectivity index (χ0v) is 17.0. The van der Waals surface area contributed by atoms with E-state index < -0.39 is 0 Å². The van der Waals surface area contributed by atoms with E-state index in [0.29, 0.717) is 23.8 Å². The van der Waals surface area contributed by atoms with Crippen LogP contribution in [-0.2, 0) is 0 Å². The second-order valence-corrected chi connectivity index (χ2v) is 7.45. The minimum Gasteiger partial charge on any atom is -0.352 e. The van der Waals surface area contributed by atoms with Gasteiger partial charge in [0.25, 0.3) is 5.91 Å². The maximum absolute atomic E-state index is 12.4. The molecule has 1 aliphatic rings. The fraction of sp³-hybridized carbons (Fsp3) is 0.240. The first-order chi connectivity index (χ1) is 14.8. The molecule has 2 N–H and O–H groups in total. The molecule has 1 aromatic heterocycles. The van der Waals surface area contributed by atoms with Crippen LogP contribution in [-0.4, -0.2) is 22.4 Å². The minimum absolute atomic E-state index is 0.0358. The SMILES string of the molecule is O=C(NCCC1=CCCCC1)c1ccc(Nc2ccnc(-c3ccccc3)n2)cc1. The standard InChI is InChI=1S/C25H26N4O/c30-25(27-17-15-19-7-3-1-4-8-19)21-11-13-22(14-12-21)28-23-16-18-26-24(29-23)20-9-5-2-6-10-20/h2,5-7,9-14,16,18H,1,3-4,8,15,17H2,(H,27,30)(H,26,28,29). The number of anilines is 2. The van der Waals surface area contributed by atoms with Crippen LogP contribution < -0.4 is 10.6 Å². The molecule has 0 unspecified atom stereocenters. The van der Waals surface area contributed by atoms with Gasteiger partial charge in [-0.05, 0) is 62.4 Å². The van der Waals surface area contributed by atoms with Crippen LogP contribution in [0.2, 0.25) is 0 Å². The average molecular weight is 399 g/mol. The van der Waals surface area contributed by atoms with Gasteiger partial charge < -0.3 is 10.6 Å². The molecular weight excluding hydrogens is 372 g/mol. The summed E-state index contributed by atoms with van der Waals surface area (Å²) in [7, 11) is 0. The van der Waals surface area contributed by atoms with Crippen molar-refractivity contribution in [1.29, 1.82) is 0 Å².